The van der Waals surface area contributed by atoms with E-state index in [0.29, 0.717) is 17.9 Å². The summed E-state index contributed by atoms with van der Waals surface area (Å²) in [6.45, 7) is 2.17. The van der Waals surface area contributed by atoms with Crippen LogP contribution in [0.15, 0.2) is 90.0 Å². The van der Waals surface area contributed by atoms with E-state index >= 15 is 0 Å². The molecule has 0 saturated carbocycles. The largest absolute Gasteiger partial charge is 0.484 e. The van der Waals surface area contributed by atoms with Gasteiger partial charge in [0, 0.05) is 6.54 Å². The molecule has 0 aliphatic rings. The first-order valence-corrected chi connectivity index (χ1v) is 11.2. The van der Waals surface area contributed by atoms with Gasteiger partial charge in [0.15, 0.2) is 6.61 Å². The van der Waals surface area contributed by atoms with Crippen LogP contribution >= 0.6 is 0 Å². The normalized spacial score (nSPS) is 11.5. The van der Waals surface area contributed by atoms with Crippen LogP contribution in [0.25, 0.3) is 0 Å². The maximum absolute atomic E-state index is 12.1. The zero-order valence-electron chi connectivity index (χ0n) is 19.4. The van der Waals surface area contributed by atoms with Gasteiger partial charge in [-0.1, -0.05) is 60.7 Å². The van der Waals surface area contributed by atoms with E-state index < -0.39 is 5.91 Å². The second kappa shape index (κ2) is 13.3. The highest BCUT2D eigenvalue weighted by molar-refractivity contribution is 5.97. The molecule has 0 spiro atoms. The number of amides is 3. The van der Waals surface area contributed by atoms with Crippen molar-refractivity contribution in [2.45, 2.75) is 25.9 Å². The van der Waals surface area contributed by atoms with Crippen LogP contribution in [0.5, 0.6) is 5.75 Å². The molecule has 3 amide bonds. The molecule has 3 N–H and O–H groups in total. The lowest BCUT2D eigenvalue weighted by molar-refractivity contribution is -0.129. The number of hydrazone groups is 1. The van der Waals surface area contributed by atoms with E-state index in [4.69, 9.17) is 4.74 Å². The topological polar surface area (TPSA) is 109 Å². The van der Waals surface area contributed by atoms with E-state index in [1.165, 1.54) is 6.21 Å². The van der Waals surface area contributed by atoms with Crippen molar-refractivity contribution in [1.82, 2.24) is 16.1 Å². The molecule has 8 heteroatoms. The van der Waals surface area contributed by atoms with Gasteiger partial charge in [-0.25, -0.2) is 5.43 Å². The molecule has 0 radical (unpaired) electrons. The Balaban J connectivity index is 1.35. The Morgan fingerprint density at radius 3 is 2.20 bits per heavy atom. The SMILES string of the molecule is C[C@@H](NC(=O)COc1ccc(/C=N/NC(=O)CC(=O)NCc2ccccc2)cc1)c1ccccc1. The number of hydrogen-bond acceptors (Lipinski definition) is 5. The molecule has 1 atom stereocenters. The summed E-state index contributed by atoms with van der Waals surface area (Å²) in [6.07, 6.45) is 1.14. The number of carbonyl (C=O) groups excluding carboxylic acids is 3. The summed E-state index contributed by atoms with van der Waals surface area (Å²) in [4.78, 5) is 35.9. The van der Waals surface area contributed by atoms with Gasteiger partial charge in [0.2, 0.25) is 11.8 Å². The molecular weight excluding hydrogens is 444 g/mol. The van der Waals surface area contributed by atoms with E-state index in [1.54, 1.807) is 24.3 Å². The molecule has 0 fully saturated rings. The molecule has 0 aliphatic heterocycles. The first-order chi connectivity index (χ1) is 17.0. The molecule has 8 nitrogen and oxygen atoms in total. The van der Waals surface area contributed by atoms with Crippen LogP contribution in [-0.4, -0.2) is 30.5 Å². The van der Waals surface area contributed by atoms with Gasteiger partial charge in [0.1, 0.15) is 12.2 Å². The molecule has 0 heterocycles. The van der Waals surface area contributed by atoms with Gasteiger partial charge in [-0.2, -0.15) is 5.10 Å². The molecular formula is C27H28N4O4. The third kappa shape index (κ3) is 9.13. The van der Waals surface area contributed by atoms with Crippen LogP contribution in [0.2, 0.25) is 0 Å². The number of benzene rings is 3. The minimum Gasteiger partial charge on any atom is -0.484 e. The summed E-state index contributed by atoms with van der Waals surface area (Å²) in [7, 11) is 0. The third-order valence-corrected chi connectivity index (χ3v) is 4.98. The van der Waals surface area contributed by atoms with Crippen LogP contribution < -0.4 is 20.8 Å². The smallest absolute Gasteiger partial charge is 0.258 e. The zero-order valence-corrected chi connectivity index (χ0v) is 19.4. The van der Waals surface area contributed by atoms with E-state index in [-0.39, 0.29) is 30.9 Å². The van der Waals surface area contributed by atoms with Gasteiger partial charge in [-0.05, 0) is 47.9 Å². The van der Waals surface area contributed by atoms with E-state index in [0.717, 1.165) is 11.1 Å². The van der Waals surface area contributed by atoms with Crippen LogP contribution in [0.3, 0.4) is 0 Å². The highest BCUT2D eigenvalue weighted by Gasteiger charge is 2.10. The molecule has 0 aliphatic carbocycles. The van der Waals surface area contributed by atoms with Crippen molar-refractivity contribution in [3.8, 4) is 5.75 Å². The Hall–Kier alpha value is -4.46. The highest BCUT2D eigenvalue weighted by atomic mass is 16.5. The fourth-order valence-corrected chi connectivity index (χ4v) is 3.13. The summed E-state index contributed by atoms with van der Waals surface area (Å²) in [5, 5.41) is 9.45. The fraction of sp³-hybridized carbons (Fsp3) is 0.185. The van der Waals surface area contributed by atoms with Crippen molar-refractivity contribution in [2.75, 3.05) is 6.61 Å². The van der Waals surface area contributed by atoms with Crippen molar-refractivity contribution in [2.24, 2.45) is 5.10 Å². The highest BCUT2D eigenvalue weighted by Crippen LogP contribution is 2.13. The quantitative estimate of drug-likeness (QED) is 0.226. The average Bonchev–Trinajstić information content (AvgIpc) is 2.88. The van der Waals surface area contributed by atoms with Crippen molar-refractivity contribution in [3.63, 3.8) is 0 Å². The predicted octanol–water partition coefficient (Wildman–Crippen LogP) is 3.10. The van der Waals surface area contributed by atoms with Crippen LogP contribution in [-0.2, 0) is 20.9 Å². The summed E-state index contributed by atoms with van der Waals surface area (Å²) < 4.78 is 5.53. The second-order valence-electron chi connectivity index (χ2n) is 7.79. The molecule has 0 saturated heterocycles. The van der Waals surface area contributed by atoms with Crippen molar-refractivity contribution in [3.05, 3.63) is 102 Å². The average molecular weight is 473 g/mol. The Bertz CT molecular complexity index is 1130. The number of nitrogens with one attached hydrogen (secondary N) is 3. The fourth-order valence-electron chi connectivity index (χ4n) is 3.13. The first kappa shape index (κ1) is 25.2. The minimum absolute atomic E-state index is 0.104. The van der Waals surface area contributed by atoms with Crippen LogP contribution in [0, 0.1) is 0 Å². The lowest BCUT2D eigenvalue weighted by Crippen LogP contribution is -2.31. The first-order valence-electron chi connectivity index (χ1n) is 11.2. The van der Waals surface area contributed by atoms with Crippen molar-refractivity contribution >= 4 is 23.9 Å². The summed E-state index contributed by atoms with van der Waals surface area (Å²) in [6, 6.07) is 25.9. The van der Waals surface area contributed by atoms with Gasteiger partial charge < -0.3 is 15.4 Å². The molecule has 0 aromatic heterocycles. The minimum atomic E-state index is -0.512. The van der Waals surface area contributed by atoms with Gasteiger partial charge in [-0.15, -0.1) is 0 Å². The third-order valence-electron chi connectivity index (χ3n) is 4.98. The standard InChI is InChI=1S/C27H28N4O4/c1-20(23-10-6-3-7-11-23)30-27(34)19-35-24-14-12-22(13-15-24)18-29-31-26(33)16-25(32)28-17-21-8-4-2-5-9-21/h2-15,18,20H,16-17,19H2,1H3,(H,28,32)(H,30,34)(H,31,33)/b29-18+/t20-/m1/s1. The molecule has 180 valence electrons. The van der Waals surface area contributed by atoms with E-state index in [1.807, 2.05) is 67.6 Å². The molecule has 0 bridgehead atoms. The van der Waals surface area contributed by atoms with Crippen LogP contribution in [0.4, 0.5) is 0 Å². The van der Waals surface area contributed by atoms with E-state index in [9.17, 15) is 14.4 Å². The second-order valence-corrected chi connectivity index (χ2v) is 7.79. The maximum Gasteiger partial charge on any atom is 0.258 e. The monoisotopic (exact) mass is 472 g/mol. The van der Waals surface area contributed by atoms with Crippen molar-refractivity contribution < 1.29 is 19.1 Å². The molecule has 3 aromatic rings. The zero-order chi connectivity index (χ0) is 24.9. The Labute approximate surface area is 204 Å². The predicted molar refractivity (Wildman–Crippen MR) is 134 cm³/mol. The number of nitrogens with zero attached hydrogens (tertiary/aromatic N) is 1. The Morgan fingerprint density at radius 1 is 0.857 bits per heavy atom. The number of hydrogen-bond donors (Lipinski definition) is 3. The van der Waals surface area contributed by atoms with Gasteiger partial charge in [-0.3, -0.25) is 14.4 Å². The molecule has 35 heavy (non-hydrogen) atoms. The number of rotatable bonds is 11. The van der Waals surface area contributed by atoms with Gasteiger partial charge >= 0.3 is 0 Å². The van der Waals surface area contributed by atoms with Gasteiger partial charge in [0.05, 0.1) is 12.3 Å². The van der Waals surface area contributed by atoms with Crippen LogP contribution in [0.1, 0.15) is 36.1 Å². The molecule has 3 aromatic carbocycles. The number of ether oxygens (including phenoxy) is 1. The summed E-state index contributed by atoms with van der Waals surface area (Å²) >= 11 is 0. The Morgan fingerprint density at radius 2 is 1.51 bits per heavy atom. The Kier molecular flexibility index (Phi) is 9.56. The lowest BCUT2D eigenvalue weighted by atomic mass is 10.1. The summed E-state index contributed by atoms with van der Waals surface area (Å²) in [5.41, 5.74) is 5.02. The van der Waals surface area contributed by atoms with Crippen molar-refractivity contribution in [1.29, 1.82) is 0 Å². The van der Waals surface area contributed by atoms with E-state index in [2.05, 4.69) is 21.2 Å². The maximum atomic E-state index is 12.1. The molecule has 3 rings (SSSR count). The molecule has 0 unspecified atom stereocenters. The number of carbonyl (C=O) groups is 3. The summed E-state index contributed by atoms with van der Waals surface area (Å²) in [5.74, 6) is -0.584. The lowest BCUT2D eigenvalue weighted by Gasteiger charge is -2.14. The van der Waals surface area contributed by atoms with Gasteiger partial charge in [0.25, 0.3) is 5.91 Å².